The Balaban J connectivity index is 1.71. The molecule has 3 heteroatoms. The zero-order valence-corrected chi connectivity index (χ0v) is 17.5. The van der Waals surface area contributed by atoms with Crippen molar-refractivity contribution < 1.29 is 4.79 Å². The molecular weight excluding hydrogens is 386 g/mol. The monoisotopic (exact) mass is 407 g/mol. The van der Waals surface area contributed by atoms with Gasteiger partial charge in [0.2, 0.25) is 5.91 Å². The highest BCUT2D eigenvalue weighted by Crippen LogP contribution is 2.56. The number of nitrogens with zero attached hydrogens (tertiary/aromatic N) is 1. The standard InChI is InChI=1S/C27H21NOS/c1-20(29)28-25-16-7-8-17-26(25)30-27(28,23-13-3-2-4-14-23)19-18-22-12-9-11-21-10-5-6-15-24(21)22/h2-19H,1H3. The number of hydrogen-bond acceptors (Lipinski definition) is 2. The van der Waals surface area contributed by atoms with Crippen molar-refractivity contribution in [3.05, 3.63) is 114 Å². The summed E-state index contributed by atoms with van der Waals surface area (Å²) >= 11 is 1.72. The van der Waals surface area contributed by atoms with Gasteiger partial charge in [-0.05, 0) is 40.1 Å². The van der Waals surface area contributed by atoms with Crippen molar-refractivity contribution in [1.82, 2.24) is 0 Å². The lowest BCUT2D eigenvalue weighted by molar-refractivity contribution is -0.117. The van der Waals surface area contributed by atoms with E-state index >= 15 is 0 Å². The molecule has 0 fully saturated rings. The number of carbonyl (C=O) groups is 1. The molecule has 1 heterocycles. The number of amides is 1. The fourth-order valence-corrected chi connectivity index (χ4v) is 5.65. The molecule has 0 N–H and O–H groups in total. The average molecular weight is 408 g/mol. The number of hydrogen-bond donors (Lipinski definition) is 0. The molecule has 0 bridgehead atoms. The van der Waals surface area contributed by atoms with Crippen LogP contribution in [0.2, 0.25) is 0 Å². The third-order valence-corrected chi connectivity index (χ3v) is 6.95. The summed E-state index contributed by atoms with van der Waals surface area (Å²) in [5.41, 5.74) is 3.18. The lowest BCUT2D eigenvalue weighted by Gasteiger charge is -2.35. The van der Waals surface area contributed by atoms with Crippen LogP contribution < -0.4 is 4.90 Å². The van der Waals surface area contributed by atoms with E-state index in [9.17, 15) is 4.79 Å². The minimum Gasteiger partial charge on any atom is -0.288 e. The van der Waals surface area contributed by atoms with E-state index in [0.29, 0.717) is 0 Å². The minimum atomic E-state index is -0.631. The summed E-state index contributed by atoms with van der Waals surface area (Å²) in [7, 11) is 0. The summed E-state index contributed by atoms with van der Waals surface area (Å²) < 4.78 is 0. The summed E-state index contributed by atoms with van der Waals surface area (Å²) in [5, 5.41) is 2.41. The minimum absolute atomic E-state index is 0.0267. The lowest BCUT2D eigenvalue weighted by atomic mass is 9.99. The van der Waals surface area contributed by atoms with Gasteiger partial charge in [0.25, 0.3) is 0 Å². The highest BCUT2D eigenvalue weighted by atomic mass is 32.2. The summed E-state index contributed by atoms with van der Waals surface area (Å²) in [6.07, 6.45) is 4.33. The van der Waals surface area contributed by atoms with E-state index in [1.165, 1.54) is 10.8 Å². The maximum atomic E-state index is 12.9. The Morgan fingerprint density at radius 1 is 0.833 bits per heavy atom. The number of anilines is 1. The van der Waals surface area contributed by atoms with Gasteiger partial charge in [-0.15, -0.1) is 0 Å². The molecule has 0 aromatic heterocycles. The first-order valence-corrected chi connectivity index (χ1v) is 10.8. The smallest absolute Gasteiger partial charge is 0.225 e. The predicted octanol–water partition coefficient (Wildman–Crippen LogP) is 6.86. The number of thioether (sulfide) groups is 1. The fourth-order valence-electron chi connectivity index (χ4n) is 4.19. The molecule has 30 heavy (non-hydrogen) atoms. The molecule has 4 aromatic carbocycles. The van der Waals surface area contributed by atoms with E-state index in [0.717, 1.165) is 21.7 Å². The molecule has 2 nitrogen and oxygen atoms in total. The average Bonchev–Trinajstić information content (AvgIpc) is 3.14. The number of carbonyl (C=O) groups excluding carboxylic acids is 1. The summed E-state index contributed by atoms with van der Waals surface area (Å²) in [4.78, 5) is 15.3. The Hall–Kier alpha value is -3.30. The molecule has 1 aliphatic rings. The van der Waals surface area contributed by atoms with Crippen molar-refractivity contribution in [3.8, 4) is 0 Å². The van der Waals surface area contributed by atoms with Gasteiger partial charge in [-0.2, -0.15) is 0 Å². The normalized spacial score (nSPS) is 18.1. The third kappa shape index (κ3) is 3.03. The molecule has 0 saturated carbocycles. The molecule has 1 amide bonds. The van der Waals surface area contributed by atoms with E-state index in [-0.39, 0.29) is 5.91 Å². The molecule has 0 saturated heterocycles. The molecule has 5 rings (SSSR count). The second-order valence-electron chi connectivity index (χ2n) is 7.39. The van der Waals surface area contributed by atoms with Crippen molar-refractivity contribution in [2.45, 2.75) is 16.7 Å². The number of rotatable bonds is 3. The van der Waals surface area contributed by atoms with Crippen LogP contribution in [0.3, 0.4) is 0 Å². The molecule has 0 radical (unpaired) electrons. The van der Waals surface area contributed by atoms with E-state index in [1.807, 2.05) is 41.3 Å². The van der Waals surface area contributed by atoms with Crippen LogP contribution in [0.1, 0.15) is 18.1 Å². The number of benzene rings is 4. The molecule has 1 unspecified atom stereocenters. The Morgan fingerprint density at radius 3 is 2.37 bits per heavy atom. The number of fused-ring (bicyclic) bond motifs is 2. The van der Waals surface area contributed by atoms with Crippen LogP contribution in [0.4, 0.5) is 5.69 Å². The largest absolute Gasteiger partial charge is 0.288 e. The Morgan fingerprint density at radius 2 is 1.53 bits per heavy atom. The van der Waals surface area contributed by atoms with Gasteiger partial charge in [-0.1, -0.05) is 103 Å². The van der Waals surface area contributed by atoms with Gasteiger partial charge in [-0.25, -0.2) is 0 Å². The van der Waals surface area contributed by atoms with Crippen LogP contribution >= 0.6 is 11.8 Å². The van der Waals surface area contributed by atoms with E-state index in [1.54, 1.807) is 18.7 Å². The third-order valence-electron chi connectivity index (χ3n) is 5.52. The Bertz CT molecular complexity index is 1260. The van der Waals surface area contributed by atoms with Crippen LogP contribution in [0.25, 0.3) is 16.8 Å². The van der Waals surface area contributed by atoms with E-state index < -0.39 is 4.87 Å². The fraction of sp³-hybridized carbons (Fsp3) is 0.0741. The summed E-state index contributed by atoms with van der Waals surface area (Å²) in [6.45, 7) is 1.64. The maximum Gasteiger partial charge on any atom is 0.225 e. The van der Waals surface area contributed by atoms with Crippen LogP contribution in [-0.4, -0.2) is 5.91 Å². The van der Waals surface area contributed by atoms with Crippen LogP contribution in [0.5, 0.6) is 0 Å². The molecule has 1 aliphatic heterocycles. The van der Waals surface area contributed by atoms with Crippen LogP contribution in [0, 0.1) is 0 Å². The molecular formula is C27H21NOS. The lowest BCUT2D eigenvalue weighted by Crippen LogP contribution is -2.42. The number of para-hydroxylation sites is 1. The van der Waals surface area contributed by atoms with Crippen molar-refractivity contribution >= 4 is 40.2 Å². The van der Waals surface area contributed by atoms with Crippen LogP contribution in [0.15, 0.2) is 108 Å². The highest BCUT2D eigenvalue weighted by Gasteiger charge is 2.46. The quantitative estimate of drug-likeness (QED) is 0.369. The Labute approximate surface area is 180 Å². The first-order chi connectivity index (χ1) is 14.7. The van der Waals surface area contributed by atoms with Crippen molar-refractivity contribution in [3.63, 3.8) is 0 Å². The molecule has 1 atom stereocenters. The first kappa shape index (κ1) is 18.7. The second-order valence-corrected chi connectivity index (χ2v) is 8.65. The summed E-state index contributed by atoms with van der Waals surface area (Å²) in [5.74, 6) is 0.0267. The Kier molecular flexibility index (Phi) is 4.68. The predicted molar refractivity (Wildman–Crippen MR) is 127 cm³/mol. The van der Waals surface area contributed by atoms with Crippen molar-refractivity contribution in [2.24, 2.45) is 0 Å². The first-order valence-electron chi connectivity index (χ1n) is 10.0. The topological polar surface area (TPSA) is 20.3 Å². The van der Waals surface area contributed by atoms with E-state index in [2.05, 4.69) is 72.8 Å². The van der Waals surface area contributed by atoms with Crippen molar-refractivity contribution in [2.75, 3.05) is 4.90 Å². The SMILES string of the molecule is CC(=O)N1c2ccccc2SC1(C=Cc1cccc2ccccc12)c1ccccc1. The zero-order valence-electron chi connectivity index (χ0n) is 16.7. The second kappa shape index (κ2) is 7.51. The summed E-state index contributed by atoms with van der Waals surface area (Å²) in [6, 6.07) is 33.1. The van der Waals surface area contributed by atoms with Gasteiger partial charge in [0, 0.05) is 11.8 Å². The van der Waals surface area contributed by atoms with Crippen LogP contribution in [-0.2, 0) is 9.67 Å². The van der Waals surface area contributed by atoms with Gasteiger partial charge < -0.3 is 0 Å². The zero-order chi connectivity index (χ0) is 20.6. The maximum absolute atomic E-state index is 12.9. The van der Waals surface area contributed by atoms with Gasteiger partial charge in [0.1, 0.15) is 4.87 Å². The molecule has 0 aliphatic carbocycles. The highest BCUT2D eigenvalue weighted by molar-refractivity contribution is 8.01. The molecule has 0 spiro atoms. The van der Waals surface area contributed by atoms with Gasteiger partial charge in [0.15, 0.2) is 0 Å². The van der Waals surface area contributed by atoms with E-state index in [4.69, 9.17) is 0 Å². The van der Waals surface area contributed by atoms with Gasteiger partial charge >= 0.3 is 0 Å². The molecule has 146 valence electrons. The van der Waals surface area contributed by atoms with Gasteiger partial charge in [0.05, 0.1) is 5.69 Å². The molecule has 4 aromatic rings. The van der Waals surface area contributed by atoms with Crippen molar-refractivity contribution in [1.29, 1.82) is 0 Å². The van der Waals surface area contributed by atoms with Gasteiger partial charge in [-0.3, -0.25) is 9.69 Å².